The highest BCUT2D eigenvalue weighted by molar-refractivity contribution is 5.79. The molecule has 2 rings (SSSR count). The number of amides is 1. The Labute approximate surface area is 92.3 Å². The first kappa shape index (κ1) is 10.7. The summed E-state index contributed by atoms with van der Waals surface area (Å²) in [6.07, 6.45) is 7.74. The van der Waals surface area contributed by atoms with Crippen molar-refractivity contribution in [1.82, 2.24) is 4.90 Å². The molecule has 1 heterocycles. The van der Waals surface area contributed by atoms with E-state index in [1.807, 2.05) is 6.08 Å². The largest absolute Gasteiger partial charge is 0.339 e. The number of nitrogens with zero attached hydrogens (tertiary/aromatic N) is 1. The lowest BCUT2D eigenvalue weighted by atomic mass is 9.85. The Morgan fingerprint density at radius 1 is 1.40 bits per heavy atom. The number of hydrogen-bond acceptors (Lipinski definition) is 1. The first-order valence-electron chi connectivity index (χ1n) is 6.14. The summed E-state index contributed by atoms with van der Waals surface area (Å²) in [6.45, 7) is 7.00. The highest BCUT2D eigenvalue weighted by Crippen LogP contribution is 2.32. The molecule has 1 aliphatic heterocycles. The van der Waals surface area contributed by atoms with Crippen LogP contribution in [0, 0.1) is 11.8 Å². The summed E-state index contributed by atoms with van der Waals surface area (Å²) in [4.78, 5) is 14.0. The Kier molecular flexibility index (Phi) is 3.13. The summed E-state index contributed by atoms with van der Waals surface area (Å²) in [5, 5.41) is 0. The van der Waals surface area contributed by atoms with Gasteiger partial charge in [0.2, 0.25) is 5.91 Å². The molecule has 3 atom stereocenters. The van der Waals surface area contributed by atoms with Gasteiger partial charge in [0.25, 0.3) is 0 Å². The zero-order valence-corrected chi connectivity index (χ0v) is 9.61. The lowest BCUT2D eigenvalue weighted by molar-refractivity contribution is -0.131. The van der Waals surface area contributed by atoms with Crippen molar-refractivity contribution in [3.63, 3.8) is 0 Å². The van der Waals surface area contributed by atoms with Gasteiger partial charge in [-0.2, -0.15) is 0 Å². The summed E-state index contributed by atoms with van der Waals surface area (Å²) < 4.78 is 0. The van der Waals surface area contributed by atoms with Crippen LogP contribution in [0.25, 0.3) is 0 Å². The van der Waals surface area contributed by atoms with E-state index < -0.39 is 0 Å². The summed E-state index contributed by atoms with van der Waals surface area (Å²) in [6, 6.07) is 0.510. The molecular formula is C13H21NO. The quantitative estimate of drug-likeness (QED) is 0.637. The number of hydrogen-bond donors (Lipinski definition) is 0. The van der Waals surface area contributed by atoms with Crippen molar-refractivity contribution in [2.75, 3.05) is 6.54 Å². The molecule has 0 radical (unpaired) electrons. The van der Waals surface area contributed by atoms with Crippen molar-refractivity contribution >= 4 is 5.91 Å². The average Bonchev–Trinajstić information content (AvgIpc) is 2.60. The van der Waals surface area contributed by atoms with E-state index in [1.54, 1.807) is 0 Å². The zero-order valence-electron chi connectivity index (χ0n) is 9.61. The van der Waals surface area contributed by atoms with E-state index in [2.05, 4.69) is 18.4 Å². The fraction of sp³-hybridized carbons (Fsp3) is 0.769. The van der Waals surface area contributed by atoms with Gasteiger partial charge < -0.3 is 4.90 Å². The molecule has 0 aromatic rings. The third-order valence-electron chi connectivity index (χ3n) is 3.99. The Balaban J connectivity index is 2.03. The minimum Gasteiger partial charge on any atom is -0.339 e. The molecular weight excluding hydrogens is 186 g/mol. The van der Waals surface area contributed by atoms with Crippen LogP contribution in [0.5, 0.6) is 0 Å². The highest BCUT2D eigenvalue weighted by Gasteiger charge is 2.36. The fourth-order valence-electron chi connectivity index (χ4n) is 3.00. The van der Waals surface area contributed by atoms with Crippen molar-refractivity contribution in [2.45, 2.75) is 45.1 Å². The Bertz CT molecular complexity index is 261. The molecule has 1 aliphatic carbocycles. The van der Waals surface area contributed by atoms with Crippen LogP contribution in [0.2, 0.25) is 0 Å². The minimum absolute atomic E-state index is 0.346. The van der Waals surface area contributed by atoms with Crippen LogP contribution in [0.1, 0.15) is 39.0 Å². The van der Waals surface area contributed by atoms with Gasteiger partial charge in [0, 0.05) is 24.9 Å². The van der Waals surface area contributed by atoms with E-state index in [-0.39, 0.29) is 0 Å². The van der Waals surface area contributed by atoms with E-state index in [9.17, 15) is 4.79 Å². The van der Waals surface area contributed by atoms with Gasteiger partial charge in [0.1, 0.15) is 0 Å². The Hall–Kier alpha value is -0.790. The molecule has 2 heteroatoms. The normalized spacial score (nSPS) is 37.0. The molecule has 2 fully saturated rings. The molecule has 1 saturated heterocycles. The predicted octanol–water partition coefficient (Wildman–Crippen LogP) is 2.60. The number of rotatable bonds is 2. The second-order valence-corrected chi connectivity index (χ2v) is 5.08. The third kappa shape index (κ3) is 2.09. The van der Waals surface area contributed by atoms with Crippen LogP contribution in [0.4, 0.5) is 0 Å². The van der Waals surface area contributed by atoms with Crippen molar-refractivity contribution in [1.29, 1.82) is 0 Å². The molecule has 15 heavy (non-hydrogen) atoms. The smallest absolute Gasteiger partial charge is 0.223 e. The molecule has 0 bridgehead atoms. The summed E-state index contributed by atoms with van der Waals surface area (Å²) in [7, 11) is 0. The lowest BCUT2D eigenvalue weighted by Gasteiger charge is -2.36. The predicted molar refractivity (Wildman–Crippen MR) is 61.4 cm³/mol. The average molecular weight is 207 g/mol. The third-order valence-corrected chi connectivity index (χ3v) is 3.99. The van der Waals surface area contributed by atoms with E-state index >= 15 is 0 Å². The molecule has 1 amide bonds. The first-order valence-corrected chi connectivity index (χ1v) is 6.14. The Morgan fingerprint density at radius 2 is 2.13 bits per heavy atom. The summed E-state index contributed by atoms with van der Waals surface area (Å²) in [5.41, 5.74) is 0. The van der Waals surface area contributed by atoms with Gasteiger partial charge >= 0.3 is 0 Å². The van der Waals surface area contributed by atoms with Crippen molar-refractivity contribution in [3.05, 3.63) is 12.7 Å². The van der Waals surface area contributed by atoms with Gasteiger partial charge in [-0.3, -0.25) is 4.79 Å². The van der Waals surface area contributed by atoms with E-state index in [4.69, 9.17) is 0 Å². The van der Waals surface area contributed by atoms with Crippen LogP contribution >= 0.6 is 0 Å². The molecule has 0 N–H and O–H groups in total. The van der Waals surface area contributed by atoms with E-state index in [1.165, 1.54) is 25.7 Å². The molecule has 0 spiro atoms. The summed E-state index contributed by atoms with van der Waals surface area (Å²) >= 11 is 0. The van der Waals surface area contributed by atoms with Crippen molar-refractivity contribution in [3.8, 4) is 0 Å². The van der Waals surface area contributed by atoms with Crippen molar-refractivity contribution < 1.29 is 4.79 Å². The maximum Gasteiger partial charge on any atom is 0.223 e. The van der Waals surface area contributed by atoms with Gasteiger partial charge in [-0.1, -0.05) is 25.8 Å². The van der Waals surface area contributed by atoms with Gasteiger partial charge in [0.15, 0.2) is 0 Å². The van der Waals surface area contributed by atoms with Crippen LogP contribution in [0.3, 0.4) is 0 Å². The fourth-order valence-corrected chi connectivity index (χ4v) is 3.00. The second kappa shape index (κ2) is 4.38. The monoisotopic (exact) mass is 207 g/mol. The Morgan fingerprint density at radius 3 is 2.73 bits per heavy atom. The molecule has 2 aliphatic rings. The molecule has 84 valence electrons. The highest BCUT2D eigenvalue weighted by atomic mass is 16.2. The van der Waals surface area contributed by atoms with Gasteiger partial charge in [-0.15, -0.1) is 6.58 Å². The van der Waals surface area contributed by atoms with E-state index in [0.717, 1.165) is 6.54 Å². The standard InChI is InChI=1S/C13H21NO/c1-3-11-8-13(15)14(9-11)12-7-5-4-6-10(12)2/h3,10-12H,1,4-9H2,2H3. The number of carbonyl (C=O) groups excluding carboxylic acids is 1. The number of likely N-dealkylation sites (tertiary alicyclic amines) is 1. The maximum atomic E-state index is 11.9. The van der Waals surface area contributed by atoms with Gasteiger partial charge in [0.05, 0.1) is 0 Å². The SMILES string of the molecule is C=CC1CC(=O)N(C2CCCCC2C)C1. The van der Waals surface area contributed by atoms with Crippen LogP contribution in [-0.4, -0.2) is 23.4 Å². The lowest BCUT2D eigenvalue weighted by Crippen LogP contribution is -2.42. The molecule has 3 unspecified atom stereocenters. The van der Waals surface area contributed by atoms with Crippen molar-refractivity contribution in [2.24, 2.45) is 11.8 Å². The number of carbonyl (C=O) groups is 1. The summed E-state index contributed by atoms with van der Waals surface area (Å²) in [5.74, 6) is 1.43. The first-order chi connectivity index (χ1) is 7.22. The van der Waals surface area contributed by atoms with Crippen LogP contribution < -0.4 is 0 Å². The van der Waals surface area contributed by atoms with Gasteiger partial charge in [-0.05, 0) is 18.8 Å². The topological polar surface area (TPSA) is 20.3 Å². The van der Waals surface area contributed by atoms with E-state index in [0.29, 0.717) is 30.2 Å². The zero-order chi connectivity index (χ0) is 10.8. The molecule has 0 aromatic heterocycles. The maximum absolute atomic E-state index is 11.9. The minimum atomic E-state index is 0.346. The van der Waals surface area contributed by atoms with Gasteiger partial charge in [-0.25, -0.2) is 0 Å². The molecule has 0 aromatic carbocycles. The second-order valence-electron chi connectivity index (χ2n) is 5.08. The van der Waals surface area contributed by atoms with Crippen LogP contribution in [-0.2, 0) is 4.79 Å². The molecule has 1 saturated carbocycles. The molecule has 2 nitrogen and oxygen atoms in total. The van der Waals surface area contributed by atoms with Crippen LogP contribution in [0.15, 0.2) is 12.7 Å².